The number of allylic oxidation sites excluding steroid dienone is 1. The molecule has 0 radical (unpaired) electrons. The third kappa shape index (κ3) is 4.13. The maximum atomic E-state index is 11.6. The Morgan fingerprint density at radius 2 is 2.05 bits per heavy atom. The first kappa shape index (κ1) is 13.6. The normalized spacial score (nSPS) is 11.6. The first-order valence-electron chi connectivity index (χ1n) is 6.08. The van der Waals surface area contributed by atoms with Crippen LogP contribution >= 0.6 is 0 Å². The molecule has 0 saturated carbocycles. The third-order valence-corrected chi connectivity index (χ3v) is 2.42. The van der Waals surface area contributed by atoms with Crippen LogP contribution in [0.1, 0.15) is 23.0 Å². The van der Waals surface area contributed by atoms with Gasteiger partial charge in [0.1, 0.15) is 5.69 Å². The van der Waals surface area contributed by atoms with Crippen LogP contribution < -0.4 is 5.43 Å². The van der Waals surface area contributed by atoms with E-state index < -0.39 is 0 Å². The van der Waals surface area contributed by atoms with Crippen molar-refractivity contribution in [2.75, 3.05) is 0 Å². The third-order valence-electron chi connectivity index (χ3n) is 2.42. The number of rotatable bonds is 4. The molecule has 0 saturated heterocycles. The number of hydrazone groups is 1. The Hall–Kier alpha value is -2.82. The van der Waals surface area contributed by atoms with Gasteiger partial charge in [-0.2, -0.15) is 5.10 Å². The molecule has 2 aromatic rings. The summed E-state index contributed by atoms with van der Waals surface area (Å²) in [4.78, 5) is 19.3. The van der Waals surface area contributed by atoms with Gasteiger partial charge in [-0.05, 0) is 18.1 Å². The zero-order valence-corrected chi connectivity index (χ0v) is 11.0. The fraction of sp³-hybridized carbons (Fsp3) is 0.0667. The molecule has 0 aliphatic carbocycles. The minimum absolute atomic E-state index is 0.231. The number of carbonyl (C=O) groups is 1. The Morgan fingerprint density at radius 1 is 1.25 bits per heavy atom. The Bertz CT molecular complexity index is 621. The van der Waals surface area contributed by atoms with Crippen LogP contribution in [0.5, 0.6) is 0 Å². The molecule has 1 aromatic heterocycles. The lowest BCUT2D eigenvalue weighted by molar-refractivity contribution is 0.0949. The second-order valence-electron chi connectivity index (χ2n) is 4.09. The van der Waals surface area contributed by atoms with Crippen molar-refractivity contribution < 1.29 is 4.79 Å². The molecule has 1 amide bonds. The van der Waals surface area contributed by atoms with Crippen LogP contribution in [0, 0.1) is 0 Å². The lowest BCUT2D eigenvalue weighted by atomic mass is 10.1. The van der Waals surface area contributed by atoms with Gasteiger partial charge in [0.2, 0.25) is 0 Å². The van der Waals surface area contributed by atoms with Crippen LogP contribution in [-0.2, 0) is 0 Å². The Morgan fingerprint density at radius 3 is 2.75 bits per heavy atom. The first-order chi connectivity index (χ1) is 9.75. The summed E-state index contributed by atoms with van der Waals surface area (Å²) < 4.78 is 0. The quantitative estimate of drug-likeness (QED) is 0.682. The van der Waals surface area contributed by atoms with Gasteiger partial charge < -0.3 is 0 Å². The smallest absolute Gasteiger partial charge is 0.265 e. The van der Waals surface area contributed by atoms with E-state index in [1.54, 1.807) is 6.21 Å². The van der Waals surface area contributed by atoms with E-state index in [0.717, 1.165) is 11.1 Å². The van der Waals surface area contributed by atoms with Gasteiger partial charge in [-0.25, -0.2) is 10.4 Å². The molecule has 1 heterocycles. The molecule has 5 nitrogen and oxygen atoms in total. The summed E-state index contributed by atoms with van der Waals surface area (Å²) in [5.74, 6) is -0.387. The van der Waals surface area contributed by atoms with Gasteiger partial charge in [0, 0.05) is 12.4 Å². The molecular formula is C15H14N4O. The summed E-state index contributed by atoms with van der Waals surface area (Å²) >= 11 is 0. The van der Waals surface area contributed by atoms with Crippen molar-refractivity contribution in [2.45, 2.75) is 6.92 Å². The molecular weight excluding hydrogens is 252 g/mol. The van der Waals surface area contributed by atoms with Gasteiger partial charge in [-0.3, -0.25) is 9.78 Å². The second kappa shape index (κ2) is 6.94. The monoisotopic (exact) mass is 266 g/mol. The molecule has 0 bridgehead atoms. The van der Waals surface area contributed by atoms with E-state index in [2.05, 4.69) is 20.5 Å². The molecule has 5 heteroatoms. The summed E-state index contributed by atoms with van der Waals surface area (Å²) in [6.07, 6.45) is 7.91. The highest BCUT2D eigenvalue weighted by atomic mass is 16.2. The number of benzene rings is 1. The van der Waals surface area contributed by atoms with E-state index in [0.29, 0.717) is 0 Å². The van der Waals surface area contributed by atoms with Crippen LogP contribution in [0.3, 0.4) is 0 Å². The summed E-state index contributed by atoms with van der Waals surface area (Å²) in [6.45, 7) is 1.91. The fourth-order valence-electron chi connectivity index (χ4n) is 1.52. The largest absolute Gasteiger partial charge is 0.291 e. The average Bonchev–Trinajstić information content (AvgIpc) is 2.49. The van der Waals surface area contributed by atoms with Gasteiger partial charge in [0.05, 0.1) is 12.4 Å². The van der Waals surface area contributed by atoms with E-state index in [4.69, 9.17) is 0 Å². The number of carbonyl (C=O) groups excluding carboxylic acids is 1. The van der Waals surface area contributed by atoms with E-state index in [1.165, 1.54) is 18.6 Å². The molecule has 100 valence electrons. The number of nitrogens with zero attached hydrogens (tertiary/aromatic N) is 3. The SMILES string of the molecule is CC(/C=N\NC(=O)c1cnccn1)=C/c1ccccc1. The molecule has 1 aromatic carbocycles. The van der Waals surface area contributed by atoms with Crippen molar-refractivity contribution in [3.8, 4) is 0 Å². The predicted molar refractivity (Wildman–Crippen MR) is 78.1 cm³/mol. The molecule has 0 aliphatic rings. The fourth-order valence-corrected chi connectivity index (χ4v) is 1.52. The van der Waals surface area contributed by atoms with Crippen molar-refractivity contribution in [3.05, 3.63) is 65.8 Å². The molecule has 0 unspecified atom stereocenters. The molecule has 1 N–H and O–H groups in total. The summed E-state index contributed by atoms with van der Waals surface area (Å²) in [6, 6.07) is 9.88. The Labute approximate surface area is 117 Å². The zero-order valence-electron chi connectivity index (χ0n) is 11.0. The van der Waals surface area contributed by atoms with Gasteiger partial charge in [0.25, 0.3) is 5.91 Å². The zero-order chi connectivity index (χ0) is 14.2. The minimum Gasteiger partial charge on any atom is -0.265 e. The van der Waals surface area contributed by atoms with Gasteiger partial charge in [0.15, 0.2) is 0 Å². The number of amides is 1. The lowest BCUT2D eigenvalue weighted by Gasteiger charge is -1.98. The molecule has 20 heavy (non-hydrogen) atoms. The van der Waals surface area contributed by atoms with Crippen LogP contribution in [0.25, 0.3) is 6.08 Å². The van der Waals surface area contributed by atoms with Crippen molar-refractivity contribution in [1.29, 1.82) is 0 Å². The summed E-state index contributed by atoms with van der Waals surface area (Å²) in [5.41, 5.74) is 4.64. The molecule has 0 spiro atoms. The summed E-state index contributed by atoms with van der Waals surface area (Å²) in [7, 11) is 0. The van der Waals surface area contributed by atoms with Crippen LogP contribution in [0.4, 0.5) is 0 Å². The van der Waals surface area contributed by atoms with E-state index in [9.17, 15) is 4.79 Å². The van der Waals surface area contributed by atoms with Crippen molar-refractivity contribution in [1.82, 2.24) is 15.4 Å². The van der Waals surface area contributed by atoms with Crippen molar-refractivity contribution in [3.63, 3.8) is 0 Å². The topological polar surface area (TPSA) is 67.2 Å². The molecule has 2 rings (SSSR count). The number of nitrogens with one attached hydrogen (secondary N) is 1. The number of hydrogen-bond acceptors (Lipinski definition) is 4. The highest BCUT2D eigenvalue weighted by Crippen LogP contribution is 2.04. The van der Waals surface area contributed by atoms with Gasteiger partial charge in [-0.1, -0.05) is 36.4 Å². The molecule has 0 atom stereocenters. The van der Waals surface area contributed by atoms with Gasteiger partial charge in [-0.15, -0.1) is 0 Å². The van der Waals surface area contributed by atoms with E-state index in [1.807, 2.05) is 43.3 Å². The average molecular weight is 266 g/mol. The van der Waals surface area contributed by atoms with Crippen LogP contribution in [-0.4, -0.2) is 22.1 Å². The standard InChI is InChI=1S/C15H14N4O/c1-12(9-13-5-3-2-4-6-13)10-18-19-15(20)14-11-16-7-8-17-14/h2-11H,1H3,(H,19,20)/b12-9-,18-10-. The van der Waals surface area contributed by atoms with Gasteiger partial charge >= 0.3 is 0 Å². The number of hydrogen-bond donors (Lipinski definition) is 1. The predicted octanol–water partition coefficient (Wildman–Crippen LogP) is 2.30. The Kier molecular flexibility index (Phi) is 4.72. The first-order valence-corrected chi connectivity index (χ1v) is 6.08. The highest BCUT2D eigenvalue weighted by molar-refractivity contribution is 5.93. The summed E-state index contributed by atoms with van der Waals surface area (Å²) in [5, 5.41) is 3.88. The van der Waals surface area contributed by atoms with Crippen molar-refractivity contribution in [2.24, 2.45) is 5.10 Å². The number of aromatic nitrogens is 2. The second-order valence-corrected chi connectivity index (χ2v) is 4.09. The van der Waals surface area contributed by atoms with E-state index in [-0.39, 0.29) is 11.6 Å². The lowest BCUT2D eigenvalue weighted by Crippen LogP contribution is -2.19. The van der Waals surface area contributed by atoms with Crippen LogP contribution in [0.2, 0.25) is 0 Å². The highest BCUT2D eigenvalue weighted by Gasteiger charge is 2.03. The molecule has 0 aliphatic heterocycles. The minimum atomic E-state index is -0.387. The maximum absolute atomic E-state index is 11.6. The maximum Gasteiger partial charge on any atom is 0.291 e. The van der Waals surface area contributed by atoms with Crippen molar-refractivity contribution >= 4 is 18.2 Å². The van der Waals surface area contributed by atoms with E-state index >= 15 is 0 Å². The molecule has 0 fully saturated rings. The van der Waals surface area contributed by atoms with Crippen LogP contribution in [0.15, 0.2) is 59.6 Å². The Balaban J connectivity index is 1.94.